The van der Waals surface area contributed by atoms with Gasteiger partial charge in [-0.15, -0.1) is 0 Å². The third-order valence-electron chi connectivity index (χ3n) is 4.12. The smallest absolute Gasteiger partial charge is 0.134 e. The average molecular weight is 298 g/mol. The maximum atomic E-state index is 9.15. The quantitative estimate of drug-likeness (QED) is 0.906. The Morgan fingerprint density at radius 1 is 1.32 bits per heavy atom. The van der Waals surface area contributed by atoms with Crippen molar-refractivity contribution in [3.05, 3.63) is 47.8 Å². The van der Waals surface area contributed by atoms with Crippen molar-refractivity contribution in [3.63, 3.8) is 0 Å². The third kappa shape index (κ3) is 3.04. The second-order valence-electron chi connectivity index (χ2n) is 5.94. The number of aromatic nitrogens is 2. The first-order valence-corrected chi connectivity index (χ1v) is 7.70. The van der Waals surface area contributed by atoms with Crippen LogP contribution in [0.4, 0.5) is 11.6 Å². The van der Waals surface area contributed by atoms with E-state index in [1.807, 2.05) is 13.0 Å². The Labute approximate surface area is 131 Å². The highest BCUT2D eigenvalue weighted by atomic mass is 16.3. The normalized spacial score (nSPS) is 18.7. The second kappa shape index (κ2) is 6.32. The molecule has 0 radical (unpaired) electrons. The molecule has 1 aromatic carbocycles. The number of nitrogens with zero attached hydrogens (tertiary/aromatic N) is 3. The molecule has 22 heavy (non-hydrogen) atoms. The van der Waals surface area contributed by atoms with Crippen molar-refractivity contribution in [2.24, 2.45) is 0 Å². The minimum absolute atomic E-state index is 0.0257. The zero-order valence-corrected chi connectivity index (χ0v) is 13.0. The molecule has 0 spiro atoms. The van der Waals surface area contributed by atoms with Crippen LogP contribution in [0.25, 0.3) is 0 Å². The van der Waals surface area contributed by atoms with Gasteiger partial charge in [0.1, 0.15) is 18.0 Å². The standard InChI is InChI=1S/C17H22N4O/c1-12(10-22)20-16-8-17(19-11-18-16)21-9-15-6-4-3-5-14(15)7-13(21)2/h3-6,8,11-13,22H,7,9-10H2,1-2H3,(H,18,19,20)/t12-,13+/m1/s1. The molecule has 2 atom stereocenters. The number of fused-ring (bicyclic) bond motifs is 1. The van der Waals surface area contributed by atoms with E-state index < -0.39 is 0 Å². The van der Waals surface area contributed by atoms with Crippen molar-refractivity contribution in [3.8, 4) is 0 Å². The number of aliphatic hydroxyl groups excluding tert-OH is 1. The lowest BCUT2D eigenvalue weighted by Gasteiger charge is -2.35. The molecular formula is C17H22N4O. The van der Waals surface area contributed by atoms with Crippen molar-refractivity contribution in [1.82, 2.24) is 9.97 Å². The van der Waals surface area contributed by atoms with Gasteiger partial charge in [-0.25, -0.2) is 9.97 Å². The monoisotopic (exact) mass is 298 g/mol. The van der Waals surface area contributed by atoms with Gasteiger partial charge in [0.25, 0.3) is 0 Å². The summed E-state index contributed by atoms with van der Waals surface area (Å²) in [7, 11) is 0. The first-order valence-electron chi connectivity index (χ1n) is 7.70. The molecule has 5 heteroatoms. The Bertz CT molecular complexity index is 646. The summed E-state index contributed by atoms with van der Waals surface area (Å²) in [6.45, 7) is 5.08. The molecule has 0 amide bonds. The largest absolute Gasteiger partial charge is 0.394 e. The summed E-state index contributed by atoms with van der Waals surface area (Å²) in [5, 5.41) is 12.3. The Morgan fingerprint density at radius 3 is 2.86 bits per heavy atom. The van der Waals surface area contributed by atoms with Crippen LogP contribution >= 0.6 is 0 Å². The number of anilines is 2. The van der Waals surface area contributed by atoms with Gasteiger partial charge in [0.15, 0.2) is 0 Å². The van der Waals surface area contributed by atoms with Crippen molar-refractivity contribution in [1.29, 1.82) is 0 Å². The van der Waals surface area contributed by atoms with Crippen molar-refractivity contribution in [2.75, 3.05) is 16.8 Å². The number of aliphatic hydroxyl groups is 1. The lowest BCUT2D eigenvalue weighted by Crippen LogP contribution is -2.39. The predicted molar refractivity (Wildman–Crippen MR) is 88.0 cm³/mol. The minimum Gasteiger partial charge on any atom is -0.394 e. The Kier molecular flexibility index (Phi) is 4.24. The van der Waals surface area contributed by atoms with Gasteiger partial charge in [-0.2, -0.15) is 0 Å². The third-order valence-corrected chi connectivity index (χ3v) is 4.12. The average Bonchev–Trinajstić information content (AvgIpc) is 2.54. The molecule has 1 aliphatic rings. The van der Waals surface area contributed by atoms with Crippen LogP contribution in [0.1, 0.15) is 25.0 Å². The molecule has 0 saturated heterocycles. The molecule has 1 aliphatic heterocycles. The highest BCUT2D eigenvalue weighted by Crippen LogP contribution is 2.27. The second-order valence-corrected chi connectivity index (χ2v) is 5.94. The summed E-state index contributed by atoms with van der Waals surface area (Å²) in [6, 6.07) is 10.9. The van der Waals surface area contributed by atoms with E-state index in [0.717, 1.165) is 24.6 Å². The van der Waals surface area contributed by atoms with Crippen LogP contribution in [0.2, 0.25) is 0 Å². The summed E-state index contributed by atoms with van der Waals surface area (Å²) in [5.74, 6) is 1.67. The van der Waals surface area contributed by atoms with Crippen molar-refractivity contribution >= 4 is 11.6 Å². The van der Waals surface area contributed by atoms with Gasteiger partial charge in [0.05, 0.1) is 6.61 Å². The zero-order chi connectivity index (χ0) is 15.5. The maximum Gasteiger partial charge on any atom is 0.134 e. The van der Waals surface area contributed by atoms with Gasteiger partial charge in [0.2, 0.25) is 0 Å². The van der Waals surface area contributed by atoms with Crippen LogP contribution in [-0.4, -0.2) is 33.8 Å². The summed E-state index contributed by atoms with van der Waals surface area (Å²) in [6.07, 6.45) is 2.60. The van der Waals surface area contributed by atoms with Gasteiger partial charge in [-0.1, -0.05) is 24.3 Å². The van der Waals surface area contributed by atoms with E-state index in [2.05, 4.69) is 51.4 Å². The molecule has 116 valence electrons. The van der Waals surface area contributed by atoms with Crippen LogP contribution in [0.15, 0.2) is 36.7 Å². The highest BCUT2D eigenvalue weighted by Gasteiger charge is 2.23. The minimum atomic E-state index is -0.0257. The summed E-state index contributed by atoms with van der Waals surface area (Å²) < 4.78 is 0. The molecule has 3 rings (SSSR count). The maximum absolute atomic E-state index is 9.15. The van der Waals surface area contributed by atoms with E-state index in [1.54, 1.807) is 6.33 Å². The molecule has 0 bridgehead atoms. The van der Waals surface area contributed by atoms with E-state index in [0.29, 0.717) is 6.04 Å². The summed E-state index contributed by atoms with van der Waals surface area (Å²) in [4.78, 5) is 11.0. The number of nitrogens with one attached hydrogen (secondary N) is 1. The highest BCUT2D eigenvalue weighted by molar-refractivity contribution is 5.51. The molecule has 0 fully saturated rings. The van der Waals surface area contributed by atoms with Crippen LogP contribution in [0.5, 0.6) is 0 Å². The van der Waals surface area contributed by atoms with E-state index >= 15 is 0 Å². The molecule has 0 aliphatic carbocycles. The first-order chi connectivity index (χ1) is 10.7. The lowest BCUT2D eigenvalue weighted by molar-refractivity contribution is 0.281. The van der Waals surface area contributed by atoms with Crippen molar-refractivity contribution in [2.45, 2.75) is 38.9 Å². The fourth-order valence-corrected chi connectivity index (χ4v) is 2.87. The fraction of sp³-hybridized carbons (Fsp3) is 0.412. The molecule has 5 nitrogen and oxygen atoms in total. The molecule has 2 heterocycles. The van der Waals surface area contributed by atoms with E-state index in [-0.39, 0.29) is 12.6 Å². The molecular weight excluding hydrogens is 276 g/mol. The predicted octanol–water partition coefficient (Wildman–Crippen LogP) is 2.22. The van der Waals surface area contributed by atoms with E-state index in [9.17, 15) is 0 Å². The Hall–Kier alpha value is -2.14. The zero-order valence-electron chi connectivity index (χ0n) is 13.0. The molecule has 1 aromatic heterocycles. The summed E-state index contributed by atoms with van der Waals surface area (Å²) >= 11 is 0. The molecule has 2 N–H and O–H groups in total. The van der Waals surface area contributed by atoms with Crippen LogP contribution in [0.3, 0.4) is 0 Å². The van der Waals surface area contributed by atoms with Crippen LogP contribution in [-0.2, 0) is 13.0 Å². The Morgan fingerprint density at radius 2 is 2.09 bits per heavy atom. The topological polar surface area (TPSA) is 61.3 Å². The first kappa shape index (κ1) is 14.8. The number of hydrogen-bond donors (Lipinski definition) is 2. The molecule has 0 saturated carbocycles. The van der Waals surface area contributed by atoms with Gasteiger partial charge in [0, 0.05) is 24.7 Å². The van der Waals surface area contributed by atoms with Gasteiger partial charge >= 0.3 is 0 Å². The van der Waals surface area contributed by atoms with Crippen LogP contribution in [0, 0.1) is 0 Å². The molecule has 0 unspecified atom stereocenters. The lowest BCUT2D eigenvalue weighted by atomic mass is 9.95. The van der Waals surface area contributed by atoms with Crippen molar-refractivity contribution < 1.29 is 5.11 Å². The number of benzene rings is 1. The molecule has 2 aromatic rings. The van der Waals surface area contributed by atoms with E-state index in [4.69, 9.17) is 5.11 Å². The van der Waals surface area contributed by atoms with Gasteiger partial charge in [-0.05, 0) is 31.4 Å². The van der Waals surface area contributed by atoms with Gasteiger partial charge in [-0.3, -0.25) is 0 Å². The fourth-order valence-electron chi connectivity index (χ4n) is 2.87. The van der Waals surface area contributed by atoms with Crippen LogP contribution < -0.4 is 10.2 Å². The van der Waals surface area contributed by atoms with E-state index in [1.165, 1.54) is 11.1 Å². The summed E-state index contributed by atoms with van der Waals surface area (Å²) in [5.41, 5.74) is 2.78. The SMILES string of the molecule is C[C@H](CO)Nc1cc(N2Cc3ccccc3C[C@@H]2C)ncn1. The number of rotatable bonds is 4. The Balaban J connectivity index is 1.83. The van der Waals surface area contributed by atoms with Gasteiger partial charge < -0.3 is 15.3 Å². The number of hydrogen-bond acceptors (Lipinski definition) is 5.